The second-order valence-corrected chi connectivity index (χ2v) is 9.74. The van der Waals surface area contributed by atoms with Crippen molar-refractivity contribution in [2.75, 3.05) is 13.2 Å². The number of carbonyl (C=O) groups excluding carboxylic acids is 1. The summed E-state index contributed by atoms with van der Waals surface area (Å²) in [5, 5.41) is 26.5. The van der Waals surface area contributed by atoms with Crippen LogP contribution >= 0.6 is 11.8 Å². The number of hydrogen-bond acceptors (Lipinski definition) is 8. The number of amides is 1. The fourth-order valence-electron chi connectivity index (χ4n) is 3.82. The summed E-state index contributed by atoms with van der Waals surface area (Å²) in [6.07, 6.45) is 8.28. The number of hydrogen-bond donors (Lipinski definition) is 1. The third kappa shape index (κ3) is 7.06. The zero-order valence-corrected chi connectivity index (χ0v) is 21.9. The first-order chi connectivity index (χ1) is 18.4. The lowest BCUT2D eigenvalue weighted by atomic mass is 10.1. The molecular formula is C27H29N5O5S. The maximum Gasteiger partial charge on any atom is 0.283 e. The van der Waals surface area contributed by atoms with E-state index in [1.165, 1.54) is 48.2 Å². The van der Waals surface area contributed by atoms with Crippen molar-refractivity contribution in [1.82, 2.24) is 5.01 Å². The van der Waals surface area contributed by atoms with E-state index in [-0.39, 0.29) is 30.3 Å². The quantitative estimate of drug-likeness (QED) is 0.143. The SMILES string of the molecule is CCCCCCCC1=NN2C(=N)/C(=C/c3ccc(OCCOc4ccc([N+](=O)[O-])cc4)cc3)C(=O)N=C2S1. The van der Waals surface area contributed by atoms with Gasteiger partial charge in [-0.15, -0.1) is 0 Å². The van der Waals surface area contributed by atoms with E-state index in [4.69, 9.17) is 14.9 Å². The third-order valence-corrected chi connectivity index (χ3v) is 6.82. The molecule has 0 unspecified atom stereocenters. The van der Waals surface area contributed by atoms with E-state index in [0.717, 1.165) is 29.9 Å². The van der Waals surface area contributed by atoms with E-state index in [2.05, 4.69) is 17.0 Å². The zero-order chi connectivity index (χ0) is 26.9. The molecule has 0 bridgehead atoms. The Balaban J connectivity index is 1.28. The van der Waals surface area contributed by atoms with E-state index in [1.54, 1.807) is 42.5 Å². The Morgan fingerprint density at radius 1 is 1.00 bits per heavy atom. The van der Waals surface area contributed by atoms with Gasteiger partial charge in [0.15, 0.2) is 5.84 Å². The van der Waals surface area contributed by atoms with Gasteiger partial charge in [-0.05, 0) is 60.5 Å². The van der Waals surface area contributed by atoms with Crippen LogP contribution < -0.4 is 9.47 Å². The molecule has 0 fully saturated rings. The maximum absolute atomic E-state index is 12.6. The molecule has 198 valence electrons. The van der Waals surface area contributed by atoms with Crippen LogP contribution in [0.4, 0.5) is 5.69 Å². The van der Waals surface area contributed by atoms with Crippen LogP contribution in [-0.2, 0) is 4.79 Å². The van der Waals surface area contributed by atoms with Crippen molar-refractivity contribution in [3.63, 3.8) is 0 Å². The van der Waals surface area contributed by atoms with Crippen molar-refractivity contribution in [3.8, 4) is 11.5 Å². The summed E-state index contributed by atoms with van der Waals surface area (Å²) in [6, 6.07) is 13.0. The Morgan fingerprint density at radius 3 is 2.26 bits per heavy atom. The van der Waals surface area contributed by atoms with Crippen molar-refractivity contribution in [1.29, 1.82) is 5.41 Å². The highest BCUT2D eigenvalue weighted by Gasteiger charge is 2.35. The number of nitrogens with one attached hydrogen (secondary N) is 1. The predicted octanol–water partition coefficient (Wildman–Crippen LogP) is 6.03. The van der Waals surface area contributed by atoms with Gasteiger partial charge in [0.2, 0.25) is 5.17 Å². The Hall–Kier alpha value is -3.99. The number of benzene rings is 2. The van der Waals surface area contributed by atoms with Crippen LogP contribution in [-0.4, -0.2) is 45.1 Å². The van der Waals surface area contributed by atoms with E-state index in [1.807, 2.05) is 0 Å². The molecule has 2 aromatic rings. The summed E-state index contributed by atoms with van der Waals surface area (Å²) >= 11 is 1.37. The molecular weight excluding hydrogens is 506 g/mol. The number of ether oxygens (including phenoxy) is 2. The van der Waals surface area contributed by atoms with E-state index < -0.39 is 10.8 Å². The van der Waals surface area contributed by atoms with Gasteiger partial charge in [-0.25, -0.2) is 0 Å². The van der Waals surface area contributed by atoms with Gasteiger partial charge in [0.1, 0.15) is 29.8 Å². The lowest BCUT2D eigenvalue weighted by Gasteiger charge is -2.20. The van der Waals surface area contributed by atoms with Gasteiger partial charge in [-0.3, -0.25) is 20.3 Å². The summed E-state index contributed by atoms with van der Waals surface area (Å²) in [5.41, 5.74) is 0.927. The topological polar surface area (TPSA) is 130 Å². The number of nitro benzene ring substituents is 1. The number of rotatable bonds is 13. The molecule has 2 heterocycles. The second-order valence-electron chi connectivity index (χ2n) is 8.69. The van der Waals surface area contributed by atoms with E-state index >= 15 is 0 Å². The van der Waals surface area contributed by atoms with Crippen molar-refractivity contribution in [3.05, 3.63) is 69.8 Å². The number of unbranched alkanes of at least 4 members (excludes halogenated alkanes) is 4. The molecule has 0 spiro atoms. The Bertz CT molecular complexity index is 1270. The smallest absolute Gasteiger partial charge is 0.283 e. The molecule has 1 amide bonds. The number of carbonyl (C=O) groups is 1. The van der Waals surface area contributed by atoms with Crippen LogP contribution in [0.15, 0.2) is 64.2 Å². The minimum atomic E-state index is -0.462. The lowest BCUT2D eigenvalue weighted by molar-refractivity contribution is -0.384. The molecule has 0 aliphatic carbocycles. The van der Waals surface area contributed by atoms with Crippen LogP contribution in [0, 0.1) is 15.5 Å². The molecule has 2 aromatic carbocycles. The van der Waals surface area contributed by atoms with Crippen molar-refractivity contribution < 1.29 is 19.2 Å². The molecule has 0 atom stereocenters. The predicted molar refractivity (Wildman–Crippen MR) is 149 cm³/mol. The molecule has 2 aliphatic rings. The minimum Gasteiger partial charge on any atom is -0.490 e. The highest BCUT2D eigenvalue weighted by Crippen LogP contribution is 2.30. The summed E-state index contributed by atoms with van der Waals surface area (Å²) in [5.74, 6) is 0.717. The summed E-state index contributed by atoms with van der Waals surface area (Å²) in [4.78, 5) is 27.0. The first-order valence-corrected chi connectivity index (χ1v) is 13.4. The van der Waals surface area contributed by atoms with Gasteiger partial charge >= 0.3 is 0 Å². The normalized spacial score (nSPS) is 15.8. The Morgan fingerprint density at radius 2 is 1.63 bits per heavy atom. The second kappa shape index (κ2) is 13.0. The molecule has 10 nitrogen and oxygen atoms in total. The molecule has 38 heavy (non-hydrogen) atoms. The average Bonchev–Trinajstić information content (AvgIpc) is 3.32. The Kier molecular flexibility index (Phi) is 9.26. The van der Waals surface area contributed by atoms with E-state index in [0.29, 0.717) is 16.7 Å². The van der Waals surface area contributed by atoms with Crippen molar-refractivity contribution in [2.24, 2.45) is 10.1 Å². The molecule has 1 N–H and O–H groups in total. The maximum atomic E-state index is 12.6. The van der Waals surface area contributed by atoms with Crippen LogP contribution in [0.2, 0.25) is 0 Å². The van der Waals surface area contributed by atoms with Gasteiger partial charge in [0.05, 0.1) is 10.5 Å². The van der Waals surface area contributed by atoms with Gasteiger partial charge < -0.3 is 9.47 Å². The number of fused-ring (bicyclic) bond motifs is 1. The fraction of sp³-hybridized carbons (Fsp3) is 0.333. The first-order valence-electron chi connectivity index (χ1n) is 12.5. The molecule has 0 aromatic heterocycles. The molecule has 4 rings (SSSR count). The van der Waals surface area contributed by atoms with Gasteiger partial charge in [0, 0.05) is 12.1 Å². The zero-order valence-electron chi connectivity index (χ0n) is 21.1. The highest BCUT2D eigenvalue weighted by molar-refractivity contribution is 8.26. The van der Waals surface area contributed by atoms with Gasteiger partial charge in [-0.2, -0.15) is 15.1 Å². The summed E-state index contributed by atoms with van der Waals surface area (Å²) in [6.45, 7) is 2.74. The highest BCUT2D eigenvalue weighted by atomic mass is 32.2. The third-order valence-electron chi connectivity index (χ3n) is 5.85. The number of nitrogens with zero attached hydrogens (tertiary/aromatic N) is 4. The fourth-order valence-corrected chi connectivity index (χ4v) is 4.75. The molecule has 0 saturated carbocycles. The number of thioether (sulfide) groups is 1. The molecule has 11 heteroatoms. The van der Waals surface area contributed by atoms with Gasteiger partial charge in [-0.1, -0.05) is 44.7 Å². The van der Waals surface area contributed by atoms with Gasteiger partial charge in [0.25, 0.3) is 11.6 Å². The average molecular weight is 536 g/mol. The standard InChI is InChI=1S/C27H29N5O5S/c1-2-3-4-5-6-7-24-30-31-25(28)23(26(33)29-27(31)38-24)18-19-8-12-21(13-9-19)36-16-17-37-22-14-10-20(11-15-22)32(34)35/h8-15,18,28H,2-7,16-17H2,1H3/b23-18-,28-25?. The molecule has 0 saturated heterocycles. The van der Waals surface area contributed by atoms with Crippen LogP contribution in [0.1, 0.15) is 51.0 Å². The number of nitro groups is 1. The van der Waals surface area contributed by atoms with Crippen LogP contribution in [0.5, 0.6) is 11.5 Å². The lowest BCUT2D eigenvalue weighted by Crippen LogP contribution is -2.35. The number of non-ortho nitro benzene ring substituents is 1. The largest absolute Gasteiger partial charge is 0.490 e. The first kappa shape index (κ1) is 27.1. The number of amidine groups is 2. The van der Waals surface area contributed by atoms with Crippen LogP contribution in [0.25, 0.3) is 6.08 Å². The van der Waals surface area contributed by atoms with Crippen molar-refractivity contribution in [2.45, 2.75) is 45.4 Å². The Labute approximate surface area is 225 Å². The minimum absolute atomic E-state index is 0.00549. The monoisotopic (exact) mass is 535 g/mol. The number of aliphatic imine (C=N–C) groups is 1. The molecule has 2 aliphatic heterocycles. The molecule has 0 radical (unpaired) electrons. The summed E-state index contributed by atoms with van der Waals surface area (Å²) in [7, 11) is 0. The van der Waals surface area contributed by atoms with Crippen molar-refractivity contribution >= 4 is 45.5 Å². The summed E-state index contributed by atoms with van der Waals surface area (Å²) < 4.78 is 11.2. The van der Waals surface area contributed by atoms with Crippen LogP contribution in [0.3, 0.4) is 0 Å². The van der Waals surface area contributed by atoms with E-state index in [9.17, 15) is 14.9 Å². The number of hydrazone groups is 1.